The zero-order valence-corrected chi connectivity index (χ0v) is 11.8. The summed E-state index contributed by atoms with van der Waals surface area (Å²) < 4.78 is 10.9. The van der Waals surface area contributed by atoms with Crippen LogP contribution in [0.1, 0.15) is 57.3 Å². The molecule has 1 aliphatic rings. The molecular formula is C13H23N3O3. The van der Waals surface area contributed by atoms with Gasteiger partial charge in [-0.15, -0.1) is 0 Å². The van der Waals surface area contributed by atoms with Gasteiger partial charge in [-0.3, -0.25) is 0 Å². The summed E-state index contributed by atoms with van der Waals surface area (Å²) >= 11 is 0. The zero-order chi connectivity index (χ0) is 14.0. The van der Waals surface area contributed by atoms with Crippen LogP contribution in [0.4, 0.5) is 0 Å². The van der Waals surface area contributed by atoms with Gasteiger partial charge in [0.1, 0.15) is 11.6 Å². The number of ether oxygens (including phenoxy) is 1. The van der Waals surface area contributed by atoms with Crippen LogP contribution < -0.4 is 5.73 Å². The normalized spacial score (nSPS) is 31.1. The predicted octanol–water partition coefficient (Wildman–Crippen LogP) is 1.50. The highest BCUT2D eigenvalue weighted by Gasteiger charge is 2.41. The first-order valence-electron chi connectivity index (χ1n) is 6.81. The molecule has 1 aromatic heterocycles. The number of aliphatic hydroxyl groups excluding tert-OH is 1. The summed E-state index contributed by atoms with van der Waals surface area (Å²) in [5, 5.41) is 13.5. The van der Waals surface area contributed by atoms with E-state index in [2.05, 4.69) is 17.1 Å². The topological polar surface area (TPSA) is 94.4 Å². The van der Waals surface area contributed by atoms with Crippen molar-refractivity contribution in [3.63, 3.8) is 0 Å². The molecule has 0 spiro atoms. The van der Waals surface area contributed by atoms with Crippen LogP contribution in [0.3, 0.4) is 0 Å². The maximum Gasteiger partial charge on any atom is 0.246 e. The van der Waals surface area contributed by atoms with Gasteiger partial charge in [0.05, 0.1) is 6.10 Å². The maximum atomic E-state index is 9.47. The van der Waals surface area contributed by atoms with Gasteiger partial charge in [0.25, 0.3) is 0 Å². The van der Waals surface area contributed by atoms with Crippen molar-refractivity contribution in [3.05, 3.63) is 11.7 Å². The van der Waals surface area contributed by atoms with Crippen molar-refractivity contribution in [3.8, 4) is 0 Å². The van der Waals surface area contributed by atoms with Crippen molar-refractivity contribution in [2.24, 2.45) is 11.7 Å². The van der Waals surface area contributed by atoms with E-state index in [1.807, 2.05) is 0 Å². The third-order valence-electron chi connectivity index (χ3n) is 4.00. The molecule has 0 aliphatic heterocycles. The zero-order valence-electron chi connectivity index (χ0n) is 11.8. The van der Waals surface area contributed by atoms with Gasteiger partial charge in [-0.25, -0.2) is 0 Å². The number of hydrogen-bond donors (Lipinski definition) is 2. The molecule has 0 aromatic carbocycles. The Morgan fingerprint density at radius 3 is 2.89 bits per heavy atom. The first-order chi connectivity index (χ1) is 8.98. The molecule has 0 saturated heterocycles. The molecule has 2 unspecified atom stereocenters. The number of aliphatic hydroxyl groups is 1. The second-order valence-corrected chi connectivity index (χ2v) is 5.62. The highest BCUT2D eigenvalue weighted by Crippen LogP contribution is 2.41. The Hall–Kier alpha value is -0.980. The van der Waals surface area contributed by atoms with E-state index in [4.69, 9.17) is 15.0 Å². The molecular weight excluding hydrogens is 246 g/mol. The van der Waals surface area contributed by atoms with Crippen molar-refractivity contribution >= 4 is 0 Å². The lowest BCUT2D eigenvalue weighted by atomic mass is 9.78. The standard InChI is InChI=1S/C13H23N3O3/c1-8-5-4-6-13(7-8,18-3)12-15-11(19-16-12)10(14)9(2)17/h8-10,17H,4-7,14H2,1-3H3/t8?,9-,10+,13?/m1/s1. The van der Waals surface area contributed by atoms with Crippen LogP contribution in [-0.4, -0.2) is 28.5 Å². The van der Waals surface area contributed by atoms with Crippen molar-refractivity contribution in [1.82, 2.24) is 10.1 Å². The van der Waals surface area contributed by atoms with Crippen molar-refractivity contribution in [2.45, 2.75) is 57.3 Å². The summed E-state index contributed by atoms with van der Waals surface area (Å²) in [6.07, 6.45) is 3.32. The first-order valence-corrected chi connectivity index (χ1v) is 6.81. The van der Waals surface area contributed by atoms with Crippen molar-refractivity contribution < 1.29 is 14.4 Å². The molecule has 6 nitrogen and oxygen atoms in total. The third-order valence-corrected chi connectivity index (χ3v) is 4.00. The fourth-order valence-corrected chi connectivity index (χ4v) is 2.74. The van der Waals surface area contributed by atoms with Crippen molar-refractivity contribution in [2.75, 3.05) is 7.11 Å². The molecule has 1 aliphatic carbocycles. The van der Waals surface area contributed by atoms with E-state index in [0.717, 1.165) is 19.3 Å². The molecule has 1 fully saturated rings. The van der Waals surface area contributed by atoms with Crippen LogP contribution in [0.25, 0.3) is 0 Å². The van der Waals surface area contributed by atoms with Crippen LogP contribution in [0.2, 0.25) is 0 Å². The van der Waals surface area contributed by atoms with Crippen LogP contribution in [0.5, 0.6) is 0 Å². The van der Waals surface area contributed by atoms with Gasteiger partial charge >= 0.3 is 0 Å². The molecule has 1 aromatic rings. The van der Waals surface area contributed by atoms with E-state index in [9.17, 15) is 5.11 Å². The highest BCUT2D eigenvalue weighted by atomic mass is 16.5. The molecule has 3 N–H and O–H groups in total. The first kappa shape index (κ1) is 14.4. The fraction of sp³-hybridized carbons (Fsp3) is 0.846. The van der Waals surface area contributed by atoms with Gasteiger partial charge < -0.3 is 20.1 Å². The van der Waals surface area contributed by atoms with Crippen LogP contribution in [0.15, 0.2) is 4.52 Å². The summed E-state index contributed by atoms with van der Waals surface area (Å²) in [6.45, 7) is 3.80. The second-order valence-electron chi connectivity index (χ2n) is 5.62. The molecule has 108 valence electrons. The van der Waals surface area contributed by atoms with E-state index < -0.39 is 17.7 Å². The summed E-state index contributed by atoms with van der Waals surface area (Å²) in [5.41, 5.74) is 5.33. The smallest absolute Gasteiger partial charge is 0.246 e. The van der Waals surface area contributed by atoms with Gasteiger partial charge in [-0.1, -0.05) is 18.5 Å². The molecule has 0 amide bonds. The van der Waals surface area contributed by atoms with Gasteiger partial charge in [-0.05, 0) is 32.1 Å². The Kier molecular flexibility index (Phi) is 4.23. The maximum absolute atomic E-state index is 9.47. The average molecular weight is 269 g/mol. The summed E-state index contributed by atoms with van der Waals surface area (Å²) in [4.78, 5) is 4.34. The minimum atomic E-state index is -0.725. The van der Waals surface area contributed by atoms with Gasteiger partial charge in [0, 0.05) is 7.11 Å². The van der Waals surface area contributed by atoms with E-state index in [-0.39, 0.29) is 5.89 Å². The van der Waals surface area contributed by atoms with E-state index in [1.54, 1.807) is 14.0 Å². The lowest BCUT2D eigenvalue weighted by Crippen LogP contribution is -2.35. The van der Waals surface area contributed by atoms with Crippen LogP contribution in [0, 0.1) is 5.92 Å². The quantitative estimate of drug-likeness (QED) is 0.860. The average Bonchev–Trinajstić information content (AvgIpc) is 2.87. The number of nitrogens with zero attached hydrogens (tertiary/aromatic N) is 2. The number of hydrogen-bond acceptors (Lipinski definition) is 6. The van der Waals surface area contributed by atoms with Crippen LogP contribution >= 0.6 is 0 Å². The number of methoxy groups -OCH3 is 1. The fourth-order valence-electron chi connectivity index (χ4n) is 2.74. The molecule has 6 heteroatoms. The Morgan fingerprint density at radius 2 is 2.32 bits per heavy atom. The molecule has 19 heavy (non-hydrogen) atoms. The highest BCUT2D eigenvalue weighted by molar-refractivity contribution is 5.06. The van der Waals surface area contributed by atoms with E-state index in [1.165, 1.54) is 6.42 Å². The molecule has 2 rings (SSSR count). The molecule has 1 saturated carbocycles. The van der Waals surface area contributed by atoms with E-state index in [0.29, 0.717) is 11.7 Å². The number of nitrogens with two attached hydrogens (primary N) is 1. The Labute approximate surface area is 113 Å². The number of rotatable bonds is 4. The molecule has 0 bridgehead atoms. The predicted molar refractivity (Wildman–Crippen MR) is 69.2 cm³/mol. The Balaban J connectivity index is 2.24. The Bertz CT molecular complexity index is 421. The largest absolute Gasteiger partial charge is 0.391 e. The summed E-state index contributed by atoms with van der Waals surface area (Å²) in [5.74, 6) is 1.38. The minimum absolute atomic E-state index is 0.264. The number of aromatic nitrogens is 2. The van der Waals surface area contributed by atoms with Gasteiger partial charge in [0.2, 0.25) is 11.7 Å². The van der Waals surface area contributed by atoms with Gasteiger partial charge in [0.15, 0.2) is 0 Å². The summed E-state index contributed by atoms with van der Waals surface area (Å²) in [7, 11) is 1.68. The van der Waals surface area contributed by atoms with Crippen molar-refractivity contribution in [1.29, 1.82) is 0 Å². The Morgan fingerprint density at radius 1 is 1.58 bits per heavy atom. The lowest BCUT2D eigenvalue weighted by Gasteiger charge is -2.36. The minimum Gasteiger partial charge on any atom is -0.391 e. The third kappa shape index (κ3) is 2.80. The molecule has 1 heterocycles. The van der Waals surface area contributed by atoms with Gasteiger partial charge in [-0.2, -0.15) is 4.98 Å². The van der Waals surface area contributed by atoms with Crippen LogP contribution in [-0.2, 0) is 10.3 Å². The van der Waals surface area contributed by atoms with E-state index >= 15 is 0 Å². The lowest BCUT2D eigenvalue weighted by molar-refractivity contribution is -0.0658. The second kappa shape index (κ2) is 5.56. The monoisotopic (exact) mass is 269 g/mol. The molecule has 0 radical (unpaired) electrons. The molecule has 4 atom stereocenters. The summed E-state index contributed by atoms with van der Waals surface area (Å²) in [6, 6.07) is -0.656. The SMILES string of the molecule is COC1(c2noc([C@@H](N)[C@@H](C)O)n2)CCCC(C)C1.